The first kappa shape index (κ1) is 15.3. The Balaban J connectivity index is 0.000000318. The quantitative estimate of drug-likeness (QED) is 0.379. The van der Waals surface area contributed by atoms with Gasteiger partial charge in [-0.05, 0) is 13.0 Å². The molecule has 1 rings (SSSR count). The van der Waals surface area contributed by atoms with Crippen molar-refractivity contribution in [2.75, 3.05) is 6.54 Å². The zero-order chi connectivity index (χ0) is 13.6. The van der Waals surface area contributed by atoms with Gasteiger partial charge in [0.25, 0.3) is 0 Å². The normalized spacial score (nSPS) is 21.2. The van der Waals surface area contributed by atoms with Gasteiger partial charge < -0.3 is 40.4 Å². The Kier molecular flexibility index (Phi) is 6.10. The standard InChI is InChI=1S/C4H7NO2.C4H6O6/c6-4(7)3-1-2-5-3;5-1(3(7)8)2(6)4(9)10/h3,5H,1-2H2,(H,6,7);1-2,5-6H,(H,7,8)(H,9,10)/p-2/t3-;1-,2-/m11/s1. The van der Waals surface area contributed by atoms with Gasteiger partial charge in [-0.25, -0.2) is 0 Å². The molecular weight excluding hydrogens is 238 g/mol. The van der Waals surface area contributed by atoms with Crippen molar-refractivity contribution in [3.8, 4) is 0 Å². The lowest BCUT2D eigenvalue weighted by molar-refractivity contribution is -0.333. The summed E-state index contributed by atoms with van der Waals surface area (Å²) in [5, 5.41) is 46.6. The van der Waals surface area contributed by atoms with Gasteiger partial charge in [-0.2, -0.15) is 0 Å². The van der Waals surface area contributed by atoms with Crippen LogP contribution in [0.15, 0.2) is 0 Å². The van der Waals surface area contributed by atoms with E-state index < -0.39 is 30.1 Å². The predicted octanol–water partition coefficient (Wildman–Crippen LogP) is -5.36. The molecule has 0 amide bonds. The molecule has 0 bridgehead atoms. The first-order valence-electron chi connectivity index (χ1n) is 4.51. The maximum Gasteiger partial charge on any atom is 0.320 e. The average molecular weight is 249 g/mol. The number of aliphatic hydroxyl groups is 2. The highest BCUT2D eigenvalue weighted by molar-refractivity contribution is 5.80. The SMILES string of the molecule is O=C(O)[C@H]1CCN1.O=C([O-])[C@H](O)[C@@H](O)C(=O)[O-]. The third-order valence-corrected chi connectivity index (χ3v) is 1.90. The monoisotopic (exact) mass is 249 g/mol. The van der Waals surface area contributed by atoms with E-state index in [1.165, 1.54) is 0 Å². The van der Waals surface area contributed by atoms with E-state index in [-0.39, 0.29) is 6.04 Å². The Morgan fingerprint density at radius 3 is 1.53 bits per heavy atom. The first-order valence-corrected chi connectivity index (χ1v) is 4.51. The Bertz CT molecular complexity index is 282. The van der Waals surface area contributed by atoms with Crippen LogP contribution in [0.4, 0.5) is 0 Å². The summed E-state index contributed by atoms with van der Waals surface area (Å²) in [6.07, 6.45) is -4.09. The van der Waals surface area contributed by atoms with Gasteiger partial charge in [0.05, 0.1) is 11.9 Å². The van der Waals surface area contributed by atoms with Crippen molar-refractivity contribution in [2.45, 2.75) is 24.7 Å². The Morgan fingerprint density at radius 1 is 1.12 bits per heavy atom. The maximum absolute atomic E-state index is 9.92. The van der Waals surface area contributed by atoms with Crippen molar-refractivity contribution in [2.24, 2.45) is 0 Å². The van der Waals surface area contributed by atoms with Crippen LogP contribution in [0.1, 0.15) is 6.42 Å². The summed E-state index contributed by atoms with van der Waals surface area (Å²) < 4.78 is 0. The summed E-state index contributed by atoms with van der Waals surface area (Å²) in [6.45, 7) is 0.858. The van der Waals surface area contributed by atoms with Crippen molar-refractivity contribution < 1.29 is 39.9 Å². The molecule has 0 spiro atoms. The van der Waals surface area contributed by atoms with Crippen LogP contribution in [-0.4, -0.2) is 58.0 Å². The maximum atomic E-state index is 9.92. The number of carboxylic acids is 3. The first-order chi connectivity index (χ1) is 7.77. The van der Waals surface area contributed by atoms with Crippen LogP contribution in [0, 0.1) is 0 Å². The van der Waals surface area contributed by atoms with E-state index in [1.807, 2.05) is 0 Å². The van der Waals surface area contributed by atoms with Crippen molar-refractivity contribution in [3.05, 3.63) is 0 Å². The summed E-state index contributed by atoms with van der Waals surface area (Å²) in [6, 6.07) is -0.250. The lowest BCUT2D eigenvalue weighted by Gasteiger charge is -2.22. The second kappa shape index (κ2) is 6.78. The zero-order valence-corrected chi connectivity index (χ0v) is 8.53. The van der Waals surface area contributed by atoms with Gasteiger partial charge in [-0.1, -0.05) is 0 Å². The number of carbonyl (C=O) groups excluding carboxylic acids is 2. The second-order valence-corrected chi connectivity index (χ2v) is 3.16. The van der Waals surface area contributed by atoms with E-state index in [0.29, 0.717) is 0 Å². The molecule has 0 aromatic carbocycles. The third kappa shape index (κ3) is 5.24. The minimum absolute atomic E-state index is 0.250. The number of hydrogen-bond donors (Lipinski definition) is 4. The highest BCUT2D eigenvalue weighted by Gasteiger charge is 2.22. The van der Waals surface area contributed by atoms with E-state index in [1.54, 1.807) is 0 Å². The highest BCUT2D eigenvalue weighted by Crippen LogP contribution is 1.99. The van der Waals surface area contributed by atoms with Gasteiger partial charge in [0, 0.05) is 0 Å². The van der Waals surface area contributed by atoms with Crippen LogP contribution in [0.3, 0.4) is 0 Å². The second-order valence-electron chi connectivity index (χ2n) is 3.16. The molecule has 1 fully saturated rings. The fraction of sp³-hybridized carbons (Fsp3) is 0.625. The van der Waals surface area contributed by atoms with Gasteiger partial charge in [0.1, 0.15) is 18.2 Å². The molecule has 0 saturated carbocycles. The zero-order valence-electron chi connectivity index (χ0n) is 8.53. The largest absolute Gasteiger partial charge is 0.547 e. The molecule has 9 nitrogen and oxygen atoms in total. The Labute approximate surface area is 95.3 Å². The average Bonchev–Trinajstić information content (AvgIpc) is 2.12. The van der Waals surface area contributed by atoms with Crippen molar-refractivity contribution in [3.63, 3.8) is 0 Å². The molecule has 0 aromatic rings. The number of carboxylic acid groups (broad SMARTS) is 3. The lowest BCUT2D eigenvalue weighted by Crippen LogP contribution is -2.51. The Hall–Kier alpha value is -1.71. The van der Waals surface area contributed by atoms with Gasteiger partial charge in [0.15, 0.2) is 0 Å². The number of aliphatic carboxylic acids is 3. The smallest absolute Gasteiger partial charge is 0.320 e. The lowest BCUT2D eigenvalue weighted by atomic mass is 10.1. The van der Waals surface area contributed by atoms with E-state index in [0.717, 1.165) is 13.0 Å². The summed E-state index contributed by atoms with van der Waals surface area (Å²) >= 11 is 0. The van der Waals surface area contributed by atoms with Crippen LogP contribution in [0.2, 0.25) is 0 Å². The third-order valence-electron chi connectivity index (χ3n) is 1.90. The van der Waals surface area contributed by atoms with Crippen LogP contribution in [-0.2, 0) is 14.4 Å². The number of nitrogens with one attached hydrogen (secondary N) is 1. The van der Waals surface area contributed by atoms with Gasteiger partial charge in [0.2, 0.25) is 0 Å². The molecular formula is C8H11NO8-2. The van der Waals surface area contributed by atoms with E-state index >= 15 is 0 Å². The minimum Gasteiger partial charge on any atom is -0.547 e. The molecule has 1 aliphatic heterocycles. The molecule has 1 saturated heterocycles. The molecule has 98 valence electrons. The Morgan fingerprint density at radius 2 is 1.47 bits per heavy atom. The predicted molar refractivity (Wildman–Crippen MR) is 46.1 cm³/mol. The summed E-state index contributed by atoms with van der Waals surface area (Å²) in [4.78, 5) is 29.2. The van der Waals surface area contributed by atoms with Crippen molar-refractivity contribution in [1.29, 1.82) is 0 Å². The van der Waals surface area contributed by atoms with Crippen molar-refractivity contribution in [1.82, 2.24) is 5.32 Å². The molecule has 4 N–H and O–H groups in total. The van der Waals surface area contributed by atoms with E-state index in [2.05, 4.69) is 5.32 Å². The minimum atomic E-state index is -2.44. The fourth-order valence-corrected chi connectivity index (χ4v) is 0.757. The molecule has 1 aliphatic rings. The molecule has 17 heavy (non-hydrogen) atoms. The highest BCUT2D eigenvalue weighted by atomic mass is 16.4. The number of carbonyl (C=O) groups is 3. The van der Waals surface area contributed by atoms with Crippen LogP contribution in [0.5, 0.6) is 0 Å². The molecule has 0 aromatic heterocycles. The molecule has 0 radical (unpaired) electrons. The molecule has 1 heterocycles. The van der Waals surface area contributed by atoms with Gasteiger partial charge in [-0.15, -0.1) is 0 Å². The molecule has 0 aliphatic carbocycles. The van der Waals surface area contributed by atoms with Crippen LogP contribution in [0.25, 0.3) is 0 Å². The van der Waals surface area contributed by atoms with E-state index in [4.69, 9.17) is 15.3 Å². The summed E-state index contributed by atoms with van der Waals surface area (Å²) in [5.41, 5.74) is 0. The van der Waals surface area contributed by atoms with Gasteiger partial charge in [-0.3, -0.25) is 4.79 Å². The number of aliphatic hydroxyl groups excluding tert-OH is 2. The van der Waals surface area contributed by atoms with Crippen molar-refractivity contribution >= 4 is 17.9 Å². The molecule has 3 atom stereocenters. The summed E-state index contributed by atoms with van der Waals surface area (Å²) in [5.74, 6) is -4.85. The van der Waals surface area contributed by atoms with Gasteiger partial charge >= 0.3 is 5.97 Å². The topological polar surface area (TPSA) is 170 Å². The molecule has 0 unspecified atom stereocenters. The van der Waals surface area contributed by atoms with Crippen LogP contribution >= 0.6 is 0 Å². The molecule has 9 heteroatoms. The van der Waals surface area contributed by atoms with Crippen LogP contribution < -0.4 is 15.5 Å². The summed E-state index contributed by atoms with van der Waals surface area (Å²) in [7, 11) is 0. The number of hydrogen-bond acceptors (Lipinski definition) is 8. The number of rotatable bonds is 4. The fourth-order valence-electron chi connectivity index (χ4n) is 0.757. The van der Waals surface area contributed by atoms with E-state index in [9.17, 15) is 24.6 Å².